The van der Waals surface area contributed by atoms with E-state index in [0.717, 1.165) is 28.1 Å². The topological polar surface area (TPSA) is 21.3 Å². The maximum atomic E-state index is 5.66. The fraction of sp³-hybridized carbons (Fsp3) is 0. The van der Waals surface area contributed by atoms with Crippen molar-refractivity contribution in [2.75, 3.05) is 5.48 Å². The first-order valence-electron chi connectivity index (χ1n) is 7.30. The molecule has 2 heteroatoms. The predicted octanol–water partition coefficient (Wildman–Crippen LogP) is 5.24. The zero-order valence-electron chi connectivity index (χ0n) is 12.0. The summed E-state index contributed by atoms with van der Waals surface area (Å²) in [7, 11) is 0. The highest BCUT2D eigenvalue weighted by atomic mass is 16.6. The Labute approximate surface area is 129 Å². The first-order chi connectivity index (χ1) is 10.9. The van der Waals surface area contributed by atoms with Crippen molar-refractivity contribution in [3.05, 3.63) is 83.9 Å². The van der Waals surface area contributed by atoms with Crippen molar-refractivity contribution >= 4 is 17.8 Å². The summed E-state index contributed by atoms with van der Waals surface area (Å²) < 4.78 is 0. The summed E-state index contributed by atoms with van der Waals surface area (Å²) in [5.41, 5.74) is 8.62. The van der Waals surface area contributed by atoms with Gasteiger partial charge in [0.05, 0.1) is 5.69 Å². The van der Waals surface area contributed by atoms with Crippen molar-refractivity contribution in [1.82, 2.24) is 0 Å². The summed E-state index contributed by atoms with van der Waals surface area (Å²) in [6.45, 7) is 0. The quantitative estimate of drug-likeness (QED) is 0.650. The van der Waals surface area contributed by atoms with E-state index < -0.39 is 0 Å². The molecule has 0 amide bonds. The number of benzene rings is 3. The molecule has 22 heavy (non-hydrogen) atoms. The first kappa shape index (κ1) is 12.7. The van der Waals surface area contributed by atoms with Gasteiger partial charge in [0.15, 0.2) is 5.75 Å². The smallest absolute Gasteiger partial charge is 0.163 e. The first-order valence-corrected chi connectivity index (χ1v) is 7.30. The van der Waals surface area contributed by atoms with E-state index in [9.17, 15) is 0 Å². The minimum atomic E-state index is 0.855. The van der Waals surface area contributed by atoms with Crippen LogP contribution in [0.1, 0.15) is 11.1 Å². The van der Waals surface area contributed by atoms with E-state index >= 15 is 0 Å². The molecule has 0 spiro atoms. The van der Waals surface area contributed by atoms with Crippen LogP contribution in [0.5, 0.6) is 5.75 Å². The molecule has 4 rings (SSSR count). The molecule has 1 N–H and O–H groups in total. The Morgan fingerprint density at radius 2 is 1.55 bits per heavy atom. The van der Waals surface area contributed by atoms with Crippen LogP contribution in [0.25, 0.3) is 23.3 Å². The molecule has 3 aromatic carbocycles. The van der Waals surface area contributed by atoms with E-state index in [1.54, 1.807) is 0 Å². The fourth-order valence-electron chi connectivity index (χ4n) is 2.71. The van der Waals surface area contributed by atoms with Gasteiger partial charge in [0.1, 0.15) is 0 Å². The maximum absolute atomic E-state index is 5.66. The molecule has 1 aliphatic heterocycles. The molecule has 0 aromatic heterocycles. The lowest BCUT2D eigenvalue weighted by atomic mass is 9.95. The van der Waals surface area contributed by atoms with Gasteiger partial charge in [-0.3, -0.25) is 0 Å². The number of fused-ring (bicyclic) bond motifs is 3. The van der Waals surface area contributed by atoms with Crippen LogP contribution >= 0.6 is 0 Å². The van der Waals surface area contributed by atoms with Gasteiger partial charge in [-0.1, -0.05) is 72.8 Å². The second-order valence-corrected chi connectivity index (χ2v) is 5.21. The average molecular weight is 285 g/mol. The molecule has 1 heterocycles. The molecular formula is C20H15NO. The molecule has 0 radical (unpaired) electrons. The minimum Gasteiger partial charge on any atom is -0.381 e. The van der Waals surface area contributed by atoms with Crippen LogP contribution in [0.2, 0.25) is 0 Å². The van der Waals surface area contributed by atoms with Crippen LogP contribution in [0.15, 0.2) is 72.8 Å². The van der Waals surface area contributed by atoms with Crippen molar-refractivity contribution in [3.8, 4) is 16.9 Å². The van der Waals surface area contributed by atoms with Crippen LogP contribution in [0.3, 0.4) is 0 Å². The van der Waals surface area contributed by atoms with Crippen LogP contribution in [-0.4, -0.2) is 0 Å². The molecule has 0 unspecified atom stereocenters. The van der Waals surface area contributed by atoms with Crippen LogP contribution in [-0.2, 0) is 0 Å². The highest BCUT2D eigenvalue weighted by molar-refractivity contribution is 5.91. The standard InChI is InChI=1S/C20H15NO/c1-2-7-15(8-3-1)13-14-16-9-6-12-19-20(16)17-10-4-5-11-18(17)21-22-19/h1-14,21H. The number of rotatable bonds is 2. The minimum absolute atomic E-state index is 0.855. The van der Waals surface area contributed by atoms with Crippen molar-refractivity contribution in [1.29, 1.82) is 0 Å². The number of nitrogens with one attached hydrogen (secondary N) is 1. The van der Waals surface area contributed by atoms with E-state index in [0.29, 0.717) is 0 Å². The van der Waals surface area contributed by atoms with Gasteiger partial charge >= 0.3 is 0 Å². The number of hydrogen-bond acceptors (Lipinski definition) is 2. The Morgan fingerprint density at radius 3 is 2.45 bits per heavy atom. The third-order valence-electron chi connectivity index (χ3n) is 3.78. The summed E-state index contributed by atoms with van der Waals surface area (Å²) >= 11 is 0. The highest BCUT2D eigenvalue weighted by Gasteiger charge is 2.18. The lowest BCUT2D eigenvalue weighted by molar-refractivity contribution is 0.402. The normalized spacial score (nSPS) is 12.2. The molecule has 0 atom stereocenters. The van der Waals surface area contributed by atoms with Crippen molar-refractivity contribution in [3.63, 3.8) is 0 Å². The lowest BCUT2D eigenvalue weighted by Crippen LogP contribution is -2.11. The maximum Gasteiger partial charge on any atom is 0.163 e. The lowest BCUT2D eigenvalue weighted by Gasteiger charge is -2.22. The molecule has 0 saturated heterocycles. The molecule has 2 nitrogen and oxygen atoms in total. The summed E-state index contributed by atoms with van der Waals surface area (Å²) in [6, 6.07) is 24.6. The van der Waals surface area contributed by atoms with Gasteiger partial charge in [-0.25, -0.2) is 5.48 Å². The van der Waals surface area contributed by atoms with Gasteiger partial charge < -0.3 is 4.84 Å². The molecule has 0 fully saturated rings. The molecule has 0 bridgehead atoms. The highest BCUT2D eigenvalue weighted by Crippen LogP contribution is 2.41. The Balaban J connectivity index is 1.82. The average Bonchev–Trinajstić information content (AvgIpc) is 2.60. The summed E-state index contributed by atoms with van der Waals surface area (Å²) in [6.07, 6.45) is 4.26. The SMILES string of the molecule is C(=Cc1cccc2c1-c1ccccc1NO2)c1ccccc1. The van der Waals surface area contributed by atoms with E-state index in [2.05, 4.69) is 41.9 Å². The monoisotopic (exact) mass is 285 g/mol. The molecule has 3 aromatic rings. The van der Waals surface area contributed by atoms with Gasteiger partial charge in [0.2, 0.25) is 0 Å². The largest absolute Gasteiger partial charge is 0.381 e. The molecule has 1 aliphatic rings. The van der Waals surface area contributed by atoms with Gasteiger partial charge in [0.25, 0.3) is 0 Å². The molecule has 0 aliphatic carbocycles. The zero-order chi connectivity index (χ0) is 14.8. The molecule has 0 saturated carbocycles. The zero-order valence-corrected chi connectivity index (χ0v) is 12.0. The van der Waals surface area contributed by atoms with Crippen molar-refractivity contribution in [2.24, 2.45) is 0 Å². The molecular weight excluding hydrogens is 270 g/mol. The Hall–Kier alpha value is -3.00. The van der Waals surface area contributed by atoms with Gasteiger partial charge in [-0.15, -0.1) is 0 Å². The number of para-hydroxylation sites is 1. The second kappa shape index (κ2) is 5.41. The predicted molar refractivity (Wildman–Crippen MR) is 91.5 cm³/mol. The van der Waals surface area contributed by atoms with E-state index in [1.807, 2.05) is 48.5 Å². The van der Waals surface area contributed by atoms with Crippen LogP contribution in [0, 0.1) is 0 Å². The van der Waals surface area contributed by atoms with Crippen LogP contribution < -0.4 is 10.3 Å². The Kier molecular flexibility index (Phi) is 3.13. The summed E-state index contributed by atoms with van der Waals surface area (Å²) in [5, 5.41) is 0. The number of anilines is 1. The van der Waals surface area contributed by atoms with Gasteiger partial charge in [0, 0.05) is 11.1 Å². The van der Waals surface area contributed by atoms with Gasteiger partial charge in [-0.2, -0.15) is 0 Å². The van der Waals surface area contributed by atoms with E-state index in [-0.39, 0.29) is 0 Å². The number of hydrogen-bond donors (Lipinski definition) is 1. The van der Waals surface area contributed by atoms with Crippen molar-refractivity contribution < 1.29 is 4.84 Å². The van der Waals surface area contributed by atoms with Crippen molar-refractivity contribution in [2.45, 2.75) is 0 Å². The fourth-order valence-corrected chi connectivity index (χ4v) is 2.71. The second-order valence-electron chi connectivity index (χ2n) is 5.21. The molecule has 106 valence electrons. The third-order valence-corrected chi connectivity index (χ3v) is 3.78. The van der Waals surface area contributed by atoms with E-state index in [4.69, 9.17) is 4.84 Å². The summed E-state index contributed by atoms with van der Waals surface area (Å²) in [5.74, 6) is 0.855. The summed E-state index contributed by atoms with van der Waals surface area (Å²) in [4.78, 5) is 5.66. The van der Waals surface area contributed by atoms with Gasteiger partial charge in [-0.05, 0) is 23.3 Å². The van der Waals surface area contributed by atoms with E-state index in [1.165, 1.54) is 5.56 Å². The Bertz CT molecular complexity index is 837. The Morgan fingerprint density at radius 1 is 0.727 bits per heavy atom. The third kappa shape index (κ3) is 2.25. The van der Waals surface area contributed by atoms with Crippen LogP contribution in [0.4, 0.5) is 5.69 Å².